The van der Waals surface area contributed by atoms with E-state index in [-0.39, 0.29) is 42.5 Å². The van der Waals surface area contributed by atoms with Gasteiger partial charge in [0.15, 0.2) is 0 Å². The van der Waals surface area contributed by atoms with Crippen LogP contribution in [0.5, 0.6) is 5.75 Å². The third-order valence-corrected chi connectivity index (χ3v) is 3.85. The van der Waals surface area contributed by atoms with Crippen LogP contribution >= 0.6 is 0 Å². The third kappa shape index (κ3) is 5.27. The highest BCUT2D eigenvalue weighted by molar-refractivity contribution is 6.03. The number of rotatable bonds is 8. The van der Waals surface area contributed by atoms with Gasteiger partial charge in [0.25, 0.3) is 11.6 Å². The molecule has 148 valence electrons. The standard InChI is InChI=1S/C19H20N2O7/c1-3-28-19(24)16-9-6-14(21(25)26)10-17(16)20(2)18(23)12-27-11-13-4-7-15(22)8-5-13/h4-10,22H,3,11-12H2,1-2H3. The van der Waals surface area contributed by atoms with Crippen molar-refractivity contribution in [2.75, 3.05) is 25.2 Å². The number of amides is 1. The summed E-state index contributed by atoms with van der Waals surface area (Å²) in [6.45, 7) is 1.60. The maximum absolute atomic E-state index is 12.4. The molecule has 0 bridgehead atoms. The Bertz CT molecular complexity index is 865. The number of phenolic OH excluding ortho intramolecular Hbond substituents is 1. The molecule has 2 rings (SSSR count). The third-order valence-electron chi connectivity index (χ3n) is 3.85. The Balaban J connectivity index is 2.13. The number of esters is 1. The van der Waals surface area contributed by atoms with Crippen LogP contribution in [0.4, 0.5) is 11.4 Å². The number of aromatic hydroxyl groups is 1. The number of likely N-dealkylation sites (N-methyl/N-ethyl adjacent to an activating group) is 1. The van der Waals surface area contributed by atoms with E-state index in [1.165, 1.54) is 31.3 Å². The molecule has 0 radical (unpaired) electrons. The number of nitrogens with zero attached hydrogens (tertiary/aromatic N) is 2. The zero-order valence-electron chi connectivity index (χ0n) is 15.5. The van der Waals surface area contributed by atoms with Crippen LogP contribution in [0.3, 0.4) is 0 Å². The van der Waals surface area contributed by atoms with Gasteiger partial charge in [-0.25, -0.2) is 4.79 Å². The minimum Gasteiger partial charge on any atom is -0.508 e. The average Bonchev–Trinajstić information content (AvgIpc) is 2.68. The number of benzene rings is 2. The van der Waals surface area contributed by atoms with E-state index in [2.05, 4.69) is 0 Å². The van der Waals surface area contributed by atoms with Gasteiger partial charge in [-0.1, -0.05) is 12.1 Å². The summed E-state index contributed by atoms with van der Waals surface area (Å²) < 4.78 is 10.3. The summed E-state index contributed by atoms with van der Waals surface area (Å²) in [5, 5.41) is 20.3. The Labute approximate surface area is 161 Å². The maximum Gasteiger partial charge on any atom is 0.340 e. The number of nitro groups is 1. The van der Waals surface area contributed by atoms with Crippen LogP contribution < -0.4 is 4.90 Å². The van der Waals surface area contributed by atoms with Crippen LogP contribution in [0.2, 0.25) is 0 Å². The van der Waals surface area contributed by atoms with Gasteiger partial charge in [-0.2, -0.15) is 0 Å². The molecule has 9 nitrogen and oxygen atoms in total. The number of hydrogen-bond acceptors (Lipinski definition) is 7. The second-order valence-corrected chi connectivity index (χ2v) is 5.79. The molecule has 0 heterocycles. The normalized spacial score (nSPS) is 10.4. The quantitative estimate of drug-likeness (QED) is 0.419. The molecule has 1 amide bonds. The first-order valence-electron chi connectivity index (χ1n) is 8.41. The molecule has 2 aromatic rings. The monoisotopic (exact) mass is 388 g/mol. The van der Waals surface area contributed by atoms with E-state index in [4.69, 9.17) is 9.47 Å². The van der Waals surface area contributed by atoms with Crippen molar-refractivity contribution in [1.82, 2.24) is 0 Å². The highest BCUT2D eigenvalue weighted by atomic mass is 16.6. The predicted octanol–water partition coefficient (Wildman–Crippen LogP) is 2.66. The van der Waals surface area contributed by atoms with Crippen molar-refractivity contribution in [1.29, 1.82) is 0 Å². The molecular weight excluding hydrogens is 368 g/mol. The lowest BCUT2D eigenvalue weighted by molar-refractivity contribution is -0.384. The predicted molar refractivity (Wildman–Crippen MR) is 100 cm³/mol. The maximum atomic E-state index is 12.4. The van der Waals surface area contributed by atoms with Crippen molar-refractivity contribution in [2.45, 2.75) is 13.5 Å². The number of nitro benzene ring substituents is 1. The van der Waals surface area contributed by atoms with Crippen molar-refractivity contribution >= 4 is 23.3 Å². The van der Waals surface area contributed by atoms with E-state index in [0.29, 0.717) is 0 Å². The Hall–Kier alpha value is -3.46. The molecule has 28 heavy (non-hydrogen) atoms. The number of anilines is 1. The van der Waals surface area contributed by atoms with Crippen LogP contribution in [0.25, 0.3) is 0 Å². The summed E-state index contributed by atoms with van der Waals surface area (Å²) in [5.74, 6) is -1.06. The highest BCUT2D eigenvalue weighted by Crippen LogP contribution is 2.26. The van der Waals surface area contributed by atoms with Crippen molar-refractivity contribution in [2.24, 2.45) is 0 Å². The van der Waals surface area contributed by atoms with E-state index in [1.807, 2.05) is 0 Å². The zero-order chi connectivity index (χ0) is 20.7. The van der Waals surface area contributed by atoms with E-state index in [0.717, 1.165) is 16.5 Å². The van der Waals surface area contributed by atoms with Crippen LogP contribution in [0.15, 0.2) is 42.5 Å². The highest BCUT2D eigenvalue weighted by Gasteiger charge is 2.23. The lowest BCUT2D eigenvalue weighted by Crippen LogP contribution is -2.31. The van der Waals surface area contributed by atoms with Gasteiger partial charge in [0.05, 0.1) is 29.4 Å². The van der Waals surface area contributed by atoms with Gasteiger partial charge < -0.3 is 19.5 Å². The second-order valence-electron chi connectivity index (χ2n) is 5.79. The minimum atomic E-state index is -0.683. The van der Waals surface area contributed by atoms with Crippen molar-refractivity contribution < 1.29 is 29.1 Å². The molecule has 2 aromatic carbocycles. The average molecular weight is 388 g/mol. The summed E-state index contributed by atoms with van der Waals surface area (Å²) >= 11 is 0. The van der Waals surface area contributed by atoms with Crippen molar-refractivity contribution in [3.05, 3.63) is 63.7 Å². The molecule has 1 N–H and O–H groups in total. The van der Waals surface area contributed by atoms with Gasteiger partial charge >= 0.3 is 5.97 Å². The largest absolute Gasteiger partial charge is 0.508 e. The first-order valence-corrected chi connectivity index (χ1v) is 8.41. The minimum absolute atomic E-state index is 0.0434. The lowest BCUT2D eigenvalue weighted by atomic mass is 10.1. The Morgan fingerprint density at radius 3 is 2.46 bits per heavy atom. The number of ether oxygens (including phenoxy) is 2. The van der Waals surface area contributed by atoms with Crippen LogP contribution in [-0.4, -0.2) is 42.2 Å². The first kappa shape index (κ1) is 20.8. The first-order chi connectivity index (χ1) is 13.3. The van der Waals surface area contributed by atoms with Gasteiger partial charge in [0, 0.05) is 19.2 Å². The molecule has 0 unspecified atom stereocenters. The van der Waals surface area contributed by atoms with E-state index >= 15 is 0 Å². The second kappa shape index (κ2) is 9.47. The number of carbonyl (C=O) groups is 2. The Morgan fingerprint density at radius 1 is 1.18 bits per heavy atom. The Morgan fingerprint density at radius 2 is 1.86 bits per heavy atom. The smallest absolute Gasteiger partial charge is 0.340 e. The number of hydrogen-bond donors (Lipinski definition) is 1. The SMILES string of the molecule is CCOC(=O)c1ccc([N+](=O)[O-])cc1N(C)C(=O)COCc1ccc(O)cc1. The number of phenols is 1. The fourth-order valence-corrected chi connectivity index (χ4v) is 2.37. The van der Waals surface area contributed by atoms with Gasteiger partial charge in [0.2, 0.25) is 0 Å². The molecule has 0 spiro atoms. The van der Waals surface area contributed by atoms with Crippen molar-refractivity contribution in [3.63, 3.8) is 0 Å². The van der Waals surface area contributed by atoms with E-state index in [1.54, 1.807) is 19.1 Å². The fourth-order valence-electron chi connectivity index (χ4n) is 2.37. The van der Waals surface area contributed by atoms with Gasteiger partial charge in [-0.3, -0.25) is 14.9 Å². The van der Waals surface area contributed by atoms with Gasteiger partial charge in [0.1, 0.15) is 12.4 Å². The summed E-state index contributed by atoms with van der Waals surface area (Å²) in [6, 6.07) is 9.89. The topological polar surface area (TPSA) is 119 Å². The molecule has 0 aliphatic carbocycles. The number of non-ortho nitro benzene ring substituents is 1. The molecule has 0 saturated heterocycles. The van der Waals surface area contributed by atoms with Gasteiger partial charge in [-0.05, 0) is 30.7 Å². The lowest BCUT2D eigenvalue weighted by Gasteiger charge is -2.20. The van der Waals surface area contributed by atoms with Crippen LogP contribution in [-0.2, 0) is 20.9 Å². The number of carbonyl (C=O) groups excluding carboxylic acids is 2. The van der Waals surface area contributed by atoms with Crippen molar-refractivity contribution in [3.8, 4) is 5.75 Å². The molecule has 0 aromatic heterocycles. The molecular formula is C19H20N2O7. The molecule has 0 aliphatic heterocycles. The molecule has 9 heteroatoms. The van der Waals surface area contributed by atoms with E-state index in [9.17, 15) is 24.8 Å². The Kier molecular flexibility index (Phi) is 7.05. The summed E-state index contributed by atoms with van der Waals surface area (Å²) in [5.41, 5.74) is 0.608. The molecule has 0 fully saturated rings. The summed E-state index contributed by atoms with van der Waals surface area (Å²) in [4.78, 5) is 36.1. The summed E-state index contributed by atoms with van der Waals surface area (Å²) in [7, 11) is 1.40. The van der Waals surface area contributed by atoms with Crippen LogP contribution in [0, 0.1) is 10.1 Å². The molecule has 0 atom stereocenters. The summed E-state index contributed by atoms with van der Waals surface area (Å²) in [6.07, 6.45) is 0. The molecule has 0 saturated carbocycles. The van der Waals surface area contributed by atoms with Gasteiger partial charge in [-0.15, -0.1) is 0 Å². The zero-order valence-corrected chi connectivity index (χ0v) is 15.5. The van der Waals surface area contributed by atoms with Crippen LogP contribution in [0.1, 0.15) is 22.8 Å². The molecule has 0 aliphatic rings. The van der Waals surface area contributed by atoms with E-state index < -0.39 is 16.8 Å². The fraction of sp³-hybridized carbons (Fsp3) is 0.263.